The molecule has 132 valence electrons. The lowest BCUT2D eigenvalue weighted by Gasteiger charge is -2.28. The minimum Gasteiger partial charge on any atom is -0.347 e. The van der Waals surface area contributed by atoms with Crippen molar-refractivity contribution < 1.29 is 18.4 Å². The molecule has 2 rings (SSSR count). The van der Waals surface area contributed by atoms with Crippen molar-refractivity contribution in [3.8, 4) is 0 Å². The molecule has 0 aliphatic carbocycles. The van der Waals surface area contributed by atoms with Crippen LogP contribution in [0.25, 0.3) is 0 Å². The second-order valence-corrected chi connectivity index (χ2v) is 6.63. The molecule has 0 spiro atoms. The molecule has 0 saturated carbocycles. The first-order valence-electron chi connectivity index (χ1n) is 7.74. The van der Waals surface area contributed by atoms with Crippen molar-refractivity contribution in [2.24, 2.45) is 0 Å². The van der Waals surface area contributed by atoms with Crippen LogP contribution in [0.3, 0.4) is 0 Å². The summed E-state index contributed by atoms with van der Waals surface area (Å²) in [6.07, 6.45) is -0.0108. The van der Waals surface area contributed by atoms with Gasteiger partial charge in [0.15, 0.2) is 5.78 Å². The number of hydrogen-bond acceptors (Lipinski definition) is 2. The number of carbonyl (C=O) groups excluding carboxylic acids is 2. The highest BCUT2D eigenvalue weighted by Crippen LogP contribution is 2.28. The van der Waals surface area contributed by atoms with Crippen molar-refractivity contribution in [3.63, 3.8) is 0 Å². The van der Waals surface area contributed by atoms with Crippen molar-refractivity contribution in [2.45, 2.75) is 32.2 Å². The molecule has 0 aliphatic rings. The SMILES string of the molecule is CC(C)(NC(=O)CCC(=O)c1ccc(F)cc1)c1ccc(F)cc1Cl. The number of rotatable bonds is 6. The number of amides is 1. The molecule has 0 fully saturated rings. The second-order valence-electron chi connectivity index (χ2n) is 6.23. The number of Topliss-reactive ketones (excluding diaryl/α,β-unsaturated/α-hetero) is 1. The lowest BCUT2D eigenvalue weighted by Crippen LogP contribution is -2.41. The number of nitrogens with one attached hydrogen (secondary N) is 1. The van der Waals surface area contributed by atoms with Crippen LogP contribution >= 0.6 is 11.6 Å². The lowest BCUT2D eigenvalue weighted by atomic mass is 9.93. The molecule has 0 bridgehead atoms. The number of benzene rings is 2. The maximum absolute atomic E-state index is 13.2. The summed E-state index contributed by atoms with van der Waals surface area (Å²) in [5.41, 5.74) is 0.115. The highest BCUT2D eigenvalue weighted by molar-refractivity contribution is 6.31. The highest BCUT2D eigenvalue weighted by atomic mass is 35.5. The third-order valence-electron chi connectivity index (χ3n) is 3.80. The molecule has 2 aromatic carbocycles. The molecule has 3 nitrogen and oxygen atoms in total. The molecule has 0 saturated heterocycles. The average Bonchev–Trinajstić information content (AvgIpc) is 2.52. The van der Waals surface area contributed by atoms with Crippen LogP contribution in [0.15, 0.2) is 42.5 Å². The Morgan fingerprint density at radius 1 is 1.00 bits per heavy atom. The minimum atomic E-state index is -0.819. The summed E-state index contributed by atoms with van der Waals surface area (Å²) in [7, 11) is 0. The first-order valence-corrected chi connectivity index (χ1v) is 8.12. The van der Waals surface area contributed by atoms with Crippen LogP contribution in [0.1, 0.15) is 42.6 Å². The highest BCUT2D eigenvalue weighted by Gasteiger charge is 2.25. The summed E-state index contributed by atoms with van der Waals surface area (Å²) in [5.74, 6) is -1.46. The molecule has 1 N–H and O–H groups in total. The van der Waals surface area contributed by atoms with Gasteiger partial charge in [0.2, 0.25) is 5.91 Å². The van der Waals surface area contributed by atoms with Crippen molar-refractivity contribution in [1.29, 1.82) is 0 Å². The van der Waals surface area contributed by atoms with Gasteiger partial charge in [-0.25, -0.2) is 8.78 Å². The third-order valence-corrected chi connectivity index (χ3v) is 4.11. The fourth-order valence-electron chi connectivity index (χ4n) is 2.48. The van der Waals surface area contributed by atoms with Crippen LogP contribution in [0.5, 0.6) is 0 Å². The van der Waals surface area contributed by atoms with E-state index in [4.69, 9.17) is 11.6 Å². The van der Waals surface area contributed by atoms with E-state index in [-0.39, 0.29) is 29.6 Å². The monoisotopic (exact) mass is 365 g/mol. The minimum absolute atomic E-state index is 0.00466. The molecule has 0 atom stereocenters. The van der Waals surface area contributed by atoms with Gasteiger partial charge in [0.05, 0.1) is 5.54 Å². The summed E-state index contributed by atoms with van der Waals surface area (Å²) in [4.78, 5) is 24.2. The Morgan fingerprint density at radius 2 is 1.60 bits per heavy atom. The van der Waals surface area contributed by atoms with Gasteiger partial charge in [-0.3, -0.25) is 9.59 Å². The van der Waals surface area contributed by atoms with Crippen molar-refractivity contribution >= 4 is 23.3 Å². The number of halogens is 3. The van der Waals surface area contributed by atoms with E-state index in [0.717, 1.165) is 0 Å². The van der Waals surface area contributed by atoms with Crippen LogP contribution in [0.2, 0.25) is 5.02 Å². The smallest absolute Gasteiger partial charge is 0.221 e. The van der Waals surface area contributed by atoms with Gasteiger partial charge in [-0.05, 0) is 55.8 Å². The number of hydrogen-bond donors (Lipinski definition) is 1. The van der Waals surface area contributed by atoms with E-state index in [1.54, 1.807) is 13.8 Å². The maximum atomic E-state index is 13.2. The molecule has 0 aliphatic heterocycles. The quantitative estimate of drug-likeness (QED) is 0.758. The van der Waals surface area contributed by atoms with Gasteiger partial charge in [-0.1, -0.05) is 17.7 Å². The molecular formula is C19H18ClF2NO2. The van der Waals surface area contributed by atoms with Crippen molar-refractivity contribution in [3.05, 3.63) is 70.2 Å². The Bertz CT molecular complexity index is 789. The zero-order valence-electron chi connectivity index (χ0n) is 13.9. The average molecular weight is 366 g/mol. The van der Waals surface area contributed by atoms with E-state index in [1.165, 1.54) is 42.5 Å². The lowest BCUT2D eigenvalue weighted by molar-refractivity contribution is -0.122. The molecular weight excluding hydrogens is 348 g/mol. The summed E-state index contributed by atoms with van der Waals surface area (Å²) >= 11 is 6.04. The van der Waals surface area contributed by atoms with Gasteiger partial charge in [0.25, 0.3) is 0 Å². The predicted octanol–water partition coefficient (Wildman–Crippen LogP) is 4.63. The van der Waals surface area contributed by atoms with Crippen LogP contribution in [-0.4, -0.2) is 11.7 Å². The fourth-order valence-corrected chi connectivity index (χ4v) is 2.89. The van der Waals surface area contributed by atoms with E-state index in [2.05, 4.69) is 5.32 Å². The molecule has 6 heteroatoms. The van der Waals surface area contributed by atoms with E-state index < -0.39 is 17.2 Å². The van der Waals surface area contributed by atoms with Crippen LogP contribution in [0.4, 0.5) is 8.78 Å². The molecule has 1 amide bonds. The first-order chi connectivity index (χ1) is 11.7. The molecule has 0 radical (unpaired) electrons. The Morgan fingerprint density at radius 3 is 2.20 bits per heavy atom. The standard InChI is InChI=1S/C19H18ClF2NO2/c1-19(2,15-8-7-14(22)11-16(15)20)23-18(25)10-9-17(24)12-3-5-13(21)6-4-12/h3-8,11H,9-10H2,1-2H3,(H,23,25). The Kier molecular flexibility index (Phi) is 5.90. The predicted molar refractivity (Wildman–Crippen MR) is 92.5 cm³/mol. The second kappa shape index (κ2) is 7.74. The Labute approximate surface area is 150 Å². The molecule has 25 heavy (non-hydrogen) atoms. The number of carbonyl (C=O) groups is 2. The van der Waals surface area contributed by atoms with Crippen molar-refractivity contribution in [1.82, 2.24) is 5.32 Å². The fraction of sp³-hybridized carbons (Fsp3) is 0.263. The van der Waals surface area contributed by atoms with Gasteiger partial charge in [0.1, 0.15) is 11.6 Å². The van der Waals surface area contributed by atoms with Crippen LogP contribution in [0, 0.1) is 11.6 Å². The molecule has 0 aromatic heterocycles. The summed E-state index contributed by atoms with van der Waals surface area (Å²) in [6.45, 7) is 3.48. The van der Waals surface area contributed by atoms with E-state index in [1.807, 2.05) is 0 Å². The largest absolute Gasteiger partial charge is 0.347 e. The van der Waals surface area contributed by atoms with Crippen molar-refractivity contribution in [2.75, 3.05) is 0 Å². The van der Waals surface area contributed by atoms with Crippen LogP contribution in [-0.2, 0) is 10.3 Å². The summed E-state index contributed by atoms with van der Waals surface area (Å²) in [5, 5.41) is 3.01. The van der Waals surface area contributed by atoms with E-state index in [0.29, 0.717) is 11.1 Å². The first kappa shape index (κ1) is 19.1. The Balaban J connectivity index is 1.96. The zero-order chi connectivity index (χ0) is 18.6. The van der Waals surface area contributed by atoms with Gasteiger partial charge in [0, 0.05) is 23.4 Å². The zero-order valence-corrected chi connectivity index (χ0v) is 14.7. The third kappa shape index (κ3) is 5.10. The topological polar surface area (TPSA) is 46.2 Å². The summed E-state index contributed by atoms with van der Waals surface area (Å²) in [6, 6.07) is 9.15. The molecule has 2 aromatic rings. The summed E-state index contributed by atoms with van der Waals surface area (Å²) < 4.78 is 26.0. The van der Waals surface area contributed by atoms with E-state index in [9.17, 15) is 18.4 Å². The molecule has 0 heterocycles. The van der Waals surface area contributed by atoms with Gasteiger partial charge in [-0.15, -0.1) is 0 Å². The number of ketones is 1. The van der Waals surface area contributed by atoms with Gasteiger partial charge < -0.3 is 5.32 Å². The van der Waals surface area contributed by atoms with E-state index >= 15 is 0 Å². The maximum Gasteiger partial charge on any atom is 0.221 e. The van der Waals surface area contributed by atoms with Gasteiger partial charge in [-0.2, -0.15) is 0 Å². The molecule has 0 unspecified atom stereocenters. The van der Waals surface area contributed by atoms with Gasteiger partial charge >= 0.3 is 0 Å². The van der Waals surface area contributed by atoms with Crippen LogP contribution < -0.4 is 5.32 Å². The normalized spacial score (nSPS) is 11.2. The Hall–Kier alpha value is -2.27.